The summed E-state index contributed by atoms with van der Waals surface area (Å²) in [7, 11) is 0. The molecular weight excluding hydrogens is 350 g/mol. The molecule has 3 rings (SSSR count). The molecule has 0 unspecified atom stereocenters. The average molecular weight is 371 g/mol. The van der Waals surface area contributed by atoms with Crippen LogP contribution in [0, 0.1) is 20.8 Å². The van der Waals surface area contributed by atoms with Crippen molar-refractivity contribution in [3.05, 3.63) is 47.5 Å². The van der Waals surface area contributed by atoms with Gasteiger partial charge in [-0.3, -0.25) is 9.36 Å². The standard InChI is InChI=1S/C18H21N5O2S/c1-5-15(17(24)19-16-10-12(3)25-22-16)26-18-21-20-13(4)23(18)14-8-6-11(2)7-9-14/h6-10,15H,5H2,1-4H3,(H,19,22,24)/t15-/m0/s1. The maximum absolute atomic E-state index is 12.6. The SMILES string of the molecule is CC[C@H](Sc1nnc(C)n1-c1ccc(C)cc1)C(=O)Nc1cc(C)on1. The molecule has 0 bridgehead atoms. The van der Waals surface area contributed by atoms with E-state index in [9.17, 15) is 4.79 Å². The quantitative estimate of drug-likeness (QED) is 0.665. The van der Waals surface area contributed by atoms with Gasteiger partial charge in [0, 0.05) is 11.8 Å². The van der Waals surface area contributed by atoms with E-state index in [1.165, 1.54) is 17.3 Å². The molecule has 1 amide bonds. The molecule has 0 fully saturated rings. The summed E-state index contributed by atoms with van der Waals surface area (Å²) in [6.07, 6.45) is 0.646. The van der Waals surface area contributed by atoms with Gasteiger partial charge in [-0.05, 0) is 39.3 Å². The first-order chi connectivity index (χ1) is 12.5. The lowest BCUT2D eigenvalue weighted by Crippen LogP contribution is -2.25. The highest BCUT2D eigenvalue weighted by Gasteiger charge is 2.23. The molecule has 2 aromatic heterocycles. The number of hydrogen-bond acceptors (Lipinski definition) is 6. The van der Waals surface area contributed by atoms with Crippen LogP contribution in [-0.4, -0.2) is 31.1 Å². The number of nitrogens with zero attached hydrogens (tertiary/aromatic N) is 4. The van der Waals surface area contributed by atoms with E-state index in [0.29, 0.717) is 23.2 Å². The van der Waals surface area contributed by atoms with E-state index in [-0.39, 0.29) is 11.2 Å². The molecule has 1 aromatic carbocycles. The summed E-state index contributed by atoms with van der Waals surface area (Å²) in [5, 5.41) is 15.4. The predicted octanol–water partition coefficient (Wildman–Crippen LogP) is 3.69. The Balaban J connectivity index is 1.80. The van der Waals surface area contributed by atoms with Crippen LogP contribution in [0.2, 0.25) is 0 Å². The minimum absolute atomic E-state index is 0.137. The highest BCUT2D eigenvalue weighted by Crippen LogP contribution is 2.28. The van der Waals surface area contributed by atoms with Gasteiger partial charge in [0.05, 0.1) is 5.25 Å². The van der Waals surface area contributed by atoms with Crippen LogP contribution < -0.4 is 5.32 Å². The number of carbonyl (C=O) groups excluding carboxylic acids is 1. The molecule has 0 spiro atoms. The largest absolute Gasteiger partial charge is 0.360 e. The van der Waals surface area contributed by atoms with Gasteiger partial charge in [-0.1, -0.05) is 41.5 Å². The molecule has 0 aliphatic heterocycles. The smallest absolute Gasteiger partial charge is 0.239 e. The monoisotopic (exact) mass is 371 g/mol. The minimum Gasteiger partial charge on any atom is -0.360 e. The summed E-state index contributed by atoms with van der Waals surface area (Å²) in [6, 6.07) is 9.82. The second-order valence-corrected chi connectivity index (χ2v) is 7.20. The summed E-state index contributed by atoms with van der Waals surface area (Å²) in [4.78, 5) is 12.6. The number of aryl methyl sites for hydroxylation is 3. The summed E-state index contributed by atoms with van der Waals surface area (Å²) in [5.74, 6) is 1.71. The Hall–Kier alpha value is -2.61. The van der Waals surface area contributed by atoms with E-state index >= 15 is 0 Å². The third-order valence-corrected chi connectivity index (χ3v) is 5.18. The van der Waals surface area contributed by atoms with Crippen LogP contribution in [0.1, 0.15) is 30.5 Å². The van der Waals surface area contributed by atoms with Crippen molar-refractivity contribution in [3.63, 3.8) is 0 Å². The second-order valence-electron chi connectivity index (χ2n) is 6.03. The third-order valence-electron chi connectivity index (χ3n) is 3.88. The van der Waals surface area contributed by atoms with Gasteiger partial charge >= 0.3 is 0 Å². The molecule has 3 aromatic rings. The first-order valence-electron chi connectivity index (χ1n) is 8.38. The summed E-state index contributed by atoms with van der Waals surface area (Å²) in [5.41, 5.74) is 2.16. The molecule has 1 atom stereocenters. The van der Waals surface area contributed by atoms with Gasteiger partial charge in [-0.2, -0.15) is 0 Å². The van der Waals surface area contributed by atoms with E-state index in [2.05, 4.69) is 20.7 Å². The Kier molecular flexibility index (Phi) is 5.41. The molecule has 136 valence electrons. The number of hydrogen-bond donors (Lipinski definition) is 1. The van der Waals surface area contributed by atoms with Crippen LogP contribution in [0.5, 0.6) is 0 Å². The highest BCUT2D eigenvalue weighted by atomic mass is 32.2. The van der Waals surface area contributed by atoms with E-state index in [1.807, 2.05) is 49.6 Å². The summed E-state index contributed by atoms with van der Waals surface area (Å²) >= 11 is 1.39. The molecule has 1 N–H and O–H groups in total. The molecule has 0 aliphatic carbocycles. The number of aromatic nitrogens is 4. The van der Waals surface area contributed by atoms with Crippen molar-refractivity contribution in [1.29, 1.82) is 0 Å². The Labute approximate surface area is 156 Å². The molecule has 0 aliphatic rings. The average Bonchev–Trinajstić information content (AvgIpc) is 3.19. The fraction of sp³-hybridized carbons (Fsp3) is 0.333. The van der Waals surface area contributed by atoms with E-state index in [1.54, 1.807) is 13.0 Å². The van der Waals surface area contributed by atoms with Crippen molar-refractivity contribution in [2.75, 3.05) is 5.32 Å². The van der Waals surface area contributed by atoms with Crippen molar-refractivity contribution >= 4 is 23.5 Å². The fourth-order valence-corrected chi connectivity index (χ4v) is 3.51. The lowest BCUT2D eigenvalue weighted by Gasteiger charge is -2.14. The van der Waals surface area contributed by atoms with Crippen molar-refractivity contribution in [1.82, 2.24) is 19.9 Å². The van der Waals surface area contributed by atoms with Crippen molar-refractivity contribution < 1.29 is 9.32 Å². The van der Waals surface area contributed by atoms with Gasteiger partial charge in [0.25, 0.3) is 0 Å². The molecule has 0 radical (unpaired) electrons. The minimum atomic E-state index is -0.320. The lowest BCUT2D eigenvalue weighted by molar-refractivity contribution is -0.115. The normalized spacial score (nSPS) is 12.2. The molecule has 26 heavy (non-hydrogen) atoms. The van der Waals surface area contributed by atoms with Crippen molar-refractivity contribution in [2.24, 2.45) is 0 Å². The van der Waals surface area contributed by atoms with Crippen LogP contribution >= 0.6 is 11.8 Å². The van der Waals surface area contributed by atoms with Gasteiger partial charge < -0.3 is 9.84 Å². The van der Waals surface area contributed by atoms with Gasteiger partial charge in [0.15, 0.2) is 11.0 Å². The lowest BCUT2D eigenvalue weighted by atomic mass is 10.2. The van der Waals surface area contributed by atoms with Crippen LogP contribution in [0.4, 0.5) is 5.82 Å². The topological polar surface area (TPSA) is 85.8 Å². The number of thioether (sulfide) groups is 1. The molecule has 7 nitrogen and oxygen atoms in total. The number of nitrogens with one attached hydrogen (secondary N) is 1. The van der Waals surface area contributed by atoms with Crippen LogP contribution in [-0.2, 0) is 4.79 Å². The fourth-order valence-electron chi connectivity index (χ4n) is 2.49. The number of amides is 1. The number of rotatable bonds is 6. The number of benzene rings is 1. The Bertz CT molecular complexity index is 901. The van der Waals surface area contributed by atoms with Crippen molar-refractivity contribution in [3.8, 4) is 5.69 Å². The Morgan fingerprint density at radius 3 is 2.58 bits per heavy atom. The molecular formula is C18H21N5O2S. The summed E-state index contributed by atoms with van der Waals surface area (Å²) < 4.78 is 6.95. The van der Waals surface area contributed by atoms with Crippen LogP contribution in [0.3, 0.4) is 0 Å². The number of anilines is 1. The van der Waals surface area contributed by atoms with Crippen LogP contribution in [0.25, 0.3) is 5.69 Å². The maximum Gasteiger partial charge on any atom is 0.239 e. The number of carbonyl (C=O) groups is 1. The Morgan fingerprint density at radius 2 is 1.96 bits per heavy atom. The van der Waals surface area contributed by atoms with E-state index < -0.39 is 0 Å². The van der Waals surface area contributed by atoms with E-state index in [4.69, 9.17) is 4.52 Å². The van der Waals surface area contributed by atoms with Gasteiger partial charge in [0.1, 0.15) is 11.6 Å². The molecule has 0 saturated carbocycles. The second kappa shape index (κ2) is 7.74. The third kappa shape index (κ3) is 3.96. The maximum atomic E-state index is 12.6. The highest BCUT2D eigenvalue weighted by molar-refractivity contribution is 8.00. The van der Waals surface area contributed by atoms with Gasteiger partial charge in [0.2, 0.25) is 5.91 Å². The first-order valence-corrected chi connectivity index (χ1v) is 9.25. The Morgan fingerprint density at radius 1 is 1.23 bits per heavy atom. The first kappa shape index (κ1) is 18.2. The molecule has 0 saturated heterocycles. The van der Waals surface area contributed by atoms with Crippen LogP contribution in [0.15, 0.2) is 40.0 Å². The van der Waals surface area contributed by atoms with Gasteiger partial charge in [-0.25, -0.2) is 0 Å². The van der Waals surface area contributed by atoms with Crippen molar-refractivity contribution in [2.45, 2.75) is 44.5 Å². The zero-order valence-electron chi connectivity index (χ0n) is 15.2. The van der Waals surface area contributed by atoms with Gasteiger partial charge in [-0.15, -0.1) is 10.2 Å². The predicted molar refractivity (Wildman–Crippen MR) is 101 cm³/mol. The summed E-state index contributed by atoms with van der Waals surface area (Å²) in [6.45, 7) is 7.68. The zero-order valence-corrected chi connectivity index (χ0v) is 16.0. The zero-order chi connectivity index (χ0) is 18.7. The van der Waals surface area contributed by atoms with E-state index in [0.717, 1.165) is 11.5 Å². The molecule has 8 heteroatoms. The molecule has 2 heterocycles.